The quantitative estimate of drug-likeness (QED) is 0.378. The summed E-state index contributed by atoms with van der Waals surface area (Å²) in [5, 5.41) is 0. The van der Waals surface area contributed by atoms with Crippen LogP contribution in [0.25, 0.3) is 0 Å². The van der Waals surface area contributed by atoms with Gasteiger partial charge in [-0.2, -0.15) is 13.5 Å². The Morgan fingerprint density at radius 1 is 0.333 bits per heavy atom. The molecule has 7 radical (unpaired) electrons. The molecule has 9 heteroatoms. The Hall–Kier alpha value is 5.62. The predicted molar refractivity (Wildman–Crippen MR) is 17.5 cm³/mol. The van der Waals surface area contributed by atoms with Crippen molar-refractivity contribution in [2.45, 2.75) is 0 Å². The average molecular weight is 519 g/mol. The maximum atomic E-state index is 0. The molecule has 0 aromatic rings. The number of hydrogen-bond acceptors (Lipinski definition) is 0. The van der Waals surface area contributed by atoms with Gasteiger partial charge < -0.3 is 0 Å². The molecule has 9 heavy (non-hydrogen) atoms. The summed E-state index contributed by atoms with van der Waals surface area (Å²) in [5.41, 5.74) is 0. The third-order valence-corrected chi connectivity index (χ3v) is 0. The molecular formula is H3Cu7KS. The van der Waals surface area contributed by atoms with Gasteiger partial charge in [0.1, 0.15) is 0 Å². The van der Waals surface area contributed by atoms with Crippen molar-refractivity contribution in [3.05, 3.63) is 0 Å². The fraction of sp³-hybridized carbons (Fsp3) is 0. The van der Waals surface area contributed by atoms with Gasteiger partial charge in [-0.1, -0.05) is 0 Å². The summed E-state index contributed by atoms with van der Waals surface area (Å²) in [4.78, 5) is 0. The van der Waals surface area contributed by atoms with Crippen molar-refractivity contribution in [1.82, 2.24) is 0 Å². The van der Waals surface area contributed by atoms with E-state index in [4.69, 9.17) is 0 Å². The summed E-state index contributed by atoms with van der Waals surface area (Å²) >= 11 is 0. The van der Waals surface area contributed by atoms with Crippen LogP contribution in [-0.4, -0.2) is 51.4 Å². The van der Waals surface area contributed by atoms with Crippen LogP contribution in [0.5, 0.6) is 0 Å². The van der Waals surface area contributed by atoms with Gasteiger partial charge in [0, 0.05) is 119 Å². The second-order valence-corrected chi connectivity index (χ2v) is 0. The number of hydrogen-bond donors (Lipinski definition) is 0. The molecule has 0 unspecified atom stereocenters. The van der Waals surface area contributed by atoms with E-state index >= 15 is 0 Å². The Labute approximate surface area is 180 Å². The SMILES string of the molecule is S.[Cu].[Cu].[Cu].[Cu].[Cu].[Cu].[Cu].[KH]. The molecule has 87 valence electrons. The fourth-order valence-electron chi connectivity index (χ4n) is 0. The summed E-state index contributed by atoms with van der Waals surface area (Å²) in [7, 11) is 0. The summed E-state index contributed by atoms with van der Waals surface area (Å²) in [5.74, 6) is 0. The zero-order valence-electron chi connectivity index (χ0n) is 2.61. The van der Waals surface area contributed by atoms with Crippen LogP contribution in [0.4, 0.5) is 0 Å². The van der Waals surface area contributed by atoms with Crippen molar-refractivity contribution >= 4 is 64.9 Å². The van der Waals surface area contributed by atoms with E-state index in [0.717, 1.165) is 0 Å². The van der Waals surface area contributed by atoms with Gasteiger partial charge in [-0.3, -0.25) is 0 Å². The number of rotatable bonds is 0. The van der Waals surface area contributed by atoms with E-state index in [1.54, 1.807) is 0 Å². The monoisotopic (exact) mass is 514 g/mol. The van der Waals surface area contributed by atoms with Crippen LogP contribution in [0, 0.1) is 0 Å². The summed E-state index contributed by atoms with van der Waals surface area (Å²) < 4.78 is 0. The first-order valence-corrected chi connectivity index (χ1v) is 0. The van der Waals surface area contributed by atoms with Gasteiger partial charge in [0.25, 0.3) is 0 Å². The standard InChI is InChI=1S/7Cu.K.H2S.H/h;;;;;;;;1H2;. The third kappa shape index (κ3) is 58.2. The van der Waals surface area contributed by atoms with Crippen LogP contribution in [0.15, 0.2) is 0 Å². The first-order valence-electron chi connectivity index (χ1n) is 0. The Morgan fingerprint density at radius 2 is 0.333 bits per heavy atom. The van der Waals surface area contributed by atoms with Crippen LogP contribution >= 0.6 is 13.5 Å². The molecule has 0 bridgehead atoms. The van der Waals surface area contributed by atoms with Crippen molar-refractivity contribution < 1.29 is 119 Å². The van der Waals surface area contributed by atoms with Gasteiger partial charge in [0.15, 0.2) is 0 Å². The molecule has 0 aliphatic heterocycles. The summed E-state index contributed by atoms with van der Waals surface area (Å²) in [6.45, 7) is 0. The predicted octanol–water partition coefficient (Wildman–Crippen LogP) is -0.553. The molecular weight excluding hydrogens is 516 g/mol. The van der Waals surface area contributed by atoms with Crippen molar-refractivity contribution in [3.8, 4) is 0 Å². The average Bonchev–Trinajstić information content (AvgIpc) is 0. The van der Waals surface area contributed by atoms with Crippen molar-refractivity contribution in [1.29, 1.82) is 0 Å². The Balaban J connectivity index is 0. The molecule has 0 atom stereocenters. The second kappa shape index (κ2) is 68.7. The fourth-order valence-corrected chi connectivity index (χ4v) is 0. The summed E-state index contributed by atoms with van der Waals surface area (Å²) in [6.07, 6.45) is 0. The van der Waals surface area contributed by atoms with E-state index in [-0.39, 0.29) is 184 Å². The van der Waals surface area contributed by atoms with E-state index in [1.165, 1.54) is 0 Å². The molecule has 0 fully saturated rings. The van der Waals surface area contributed by atoms with Crippen LogP contribution in [0.1, 0.15) is 0 Å². The van der Waals surface area contributed by atoms with E-state index in [0.29, 0.717) is 0 Å². The van der Waals surface area contributed by atoms with Gasteiger partial charge in [0.2, 0.25) is 0 Å². The zero-order valence-corrected chi connectivity index (χ0v) is 10.2. The molecule has 0 aliphatic carbocycles. The van der Waals surface area contributed by atoms with Crippen molar-refractivity contribution in [3.63, 3.8) is 0 Å². The van der Waals surface area contributed by atoms with Gasteiger partial charge in [-0.15, -0.1) is 0 Å². The second-order valence-electron chi connectivity index (χ2n) is 0. The molecule has 0 spiro atoms. The minimum absolute atomic E-state index is 0. The van der Waals surface area contributed by atoms with Crippen LogP contribution < -0.4 is 0 Å². The Kier molecular flexibility index (Phi) is 655. The molecule has 0 rings (SSSR count). The van der Waals surface area contributed by atoms with Gasteiger partial charge >= 0.3 is 51.4 Å². The molecule has 0 aromatic heterocycles. The minimum atomic E-state index is 0. The first-order chi connectivity index (χ1) is 0. The maximum absolute atomic E-state index is 0. The van der Waals surface area contributed by atoms with Gasteiger partial charge in [-0.25, -0.2) is 0 Å². The molecule has 0 saturated heterocycles. The molecule has 0 N–H and O–H groups in total. The van der Waals surface area contributed by atoms with Crippen LogP contribution in [-0.2, 0) is 119 Å². The van der Waals surface area contributed by atoms with Gasteiger partial charge in [-0.05, 0) is 0 Å². The molecule has 0 amide bonds. The Morgan fingerprint density at radius 3 is 0.333 bits per heavy atom. The van der Waals surface area contributed by atoms with Crippen molar-refractivity contribution in [2.24, 2.45) is 0 Å². The molecule has 0 heterocycles. The molecule has 0 nitrogen and oxygen atoms in total. The van der Waals surface area contributed by atoms with Crippen LogP contribution in [0.2, 0.25) is 0 Å². The van der Waals surface area contributed by atoms with E-state index in [1.807, 2.05) is 0 Å². The normalized spacial score (nSPS) is 0. The topological polar surface area (TPSA) is 0 Å². The zero-order chi connectivity index (χ0) is 0. The molecule has 0 aromatic carbocycles. The Bertz CT molecular complexity index is 8.88. The van der Waals surface area contributed by atoms with Crippen LogP contribution in [0.3, 0.4) is 0 Å². The van der Waals surface area contributed by atoms with E-state index in [9.17, 15) is 0 Å². The van der Waals surface area contributed by atoms with E-state index in [2.05, 4.69) is 0 Å². The van der Waals surface area contributed by atoms with Crippen molar-refractivity contribution in [2.75, 3.05) is 0 Å². The summed E-state index contributed by atoms with van der Waals surface area (Å²) in [6, 6.07) is 0. The molecule has 0 aliphatic rings. The van der Waals surface area contributed by atoms with Gasteiger partial charge in [0.05, 0.1) is 0 Å². The molecule has 0 saturated carbocycles. The third-order valence-electron chi connectivity index (χ3n) is 0. The first kappa shape index (κ1) is 85.8. The van der Waals surface area contributed by atoms with E-state index < -0.39 is 0 Å².